The maximum Gasteiger partial charge on any atom is 0.308 e. The zero-order valence-corrected chi connectivity index (χ0v) is 11.1. The summed E-state index contributed by atoms with van der Waals surface area (Å²) in [6, 6.07) is -0.207. The lowest BCUT2D eigenvalue weighted by atomic mass is 9.95. The molecule has 18 heavy (non-hydrogen) atoms. The predicted octanol–water partition coefficient (Wildman–Crippen LogP) is 1.14. The Morgan fingerprint density at radius 2 is 1.94 bits per heavy atom. The molecule has 5 heteroatoms. The zero-order chi connectivity index (χ0) is 13.4. The first-order valence-corrected chi connectivity index (χ1v) is 6.88. The minimum Gasteiger partial charge on any atom is -0.481 e. The molecule has 1 aliphatic carbocycles. The molecule has 0 aromatic heterocycles. The molecule has 104 valence electrons. The van der Waals surface area contributed by atoms with Gasteiger partial charge in [0.15, 0.2) is 0 Å². The van der Waals surface area contributed by atoms with Crippen molar-refractivity contribution in [2.45, 2.75) is 51.5 Å². The molecule has 0 spiro atoms. The summed E-state index contributed by atoms with van der Waals surface area (Å²) in [5, 5.41) is 15.1. The maximum atomic E-state index is 11.7. The summed E-state index contributed by atoms with van der Waals surface area (Å²) in [5.41, 5.74) is 0. The first-order valence-electron chi connectivity index (χ1n) is 6.88. The van der Waals surface area contributed by atoms with E-state index in [1.54, 1.807) is 0 Å². The first-order chi connectivity index (χ1) is 8.65. The summed E-state index contributed by atoms with van der Waals surface area (Å²) in [4.78, 5) is 22.9. The third kappa shape index (κ3) is 5.04. The standard InChI is InChI=1S/C13H24N2O3/c1-2-8-14-9-12(16)15-11-7-5-3-4-6-10(11)13(17)18/h10-11,14H,2-9H2,1H3,(H,15,16)(H,17,18). The second-order valence-corrected chi connectivity index (χ2v) is 4.93. The summed E-state index contributed by atoms with van der Waals surface area (Å²) in [6.45, 7) is 3.12. The molecular formula is C13H24N2O3. The largest absolute Gasteiger partial charge is 0.481 e. The van der Waals surface area contributed by atoms with Gasteiger partial charge in [-0.1, -0.05) is 26.2 Å². The van der Waals surface area contributed by atoms with Gasteiger partial charge in [0.1, 0.15) is 0 Å². The smallest absolute Gasteiger partial charge is 0.308 e. The van der Waals surface area contributed by atoms with Gasteiger partial charge in [0.2, 0.25) is 5.91 Å². The topological polar surface area (TPSA) is 78.4 Å². The Balaban J connectivity index is 2.44. The van der Waals surface area contributed by atoms with Crippen molar-refractivity contribution in [3.8, 4) is 0 Å². The number of rotatable bonds is 6. The van der Waals surface area contributed by atoms with Crippen LogP contribution in [0.2, 0.25) is 0 Å². The quantitative estimate of drug-likeness (QED) is 0.492. The lowest BCUT2D eigenvalue weighted by molar-refractivity contribution is -0.143. The van der Waals surface area contributed by atoms with E-state index in [9.17, 15) is 14.7 Å². The molecule has 0 aromatic rings. The number of aliphatic carboxylic acids is 1. The average molecular weight is 256 g/mol. The monoisotopic (exact) mass is 256 g/mol. The van der Waals surface area contributed by atoms with Crippen LogP contribution in [0.5, 0.6) is 0 Å². The van der Waals surface area contributed by atoms with Crippen molar-refractivity contribution in [3.63, 3.8) is 0 Å². The molecule has 0 aliphatic heterocycles. The summed E-state index contributed by atoms with van der Waals surface area (Å²) < 4.78 is 0. The fourth-order valence-corrected chi connectivity index (χ4v) is 2.41. The van der Waals surface area contributed by atoms with Crippen LogP contribution >= 0.6 is 0 Å². The van der Waals surface area contributed by atoms with Gasteiger partial charge >= 0.3 is 5.97 Å². The van der Waals surface area contributed by atoms with E-state index in [1.807, 2.05) is 6.92 Å². The SMILES string of the molecule is CCCNCC(=O)NC1CCCCCC1C(=O)O. The number of hydrogen-bond acceptors (Lipinski definition) is 3. The van der Waals surface area contributed by atoms with Gasteiger partial charge in [0.05, 0.1) is 12.5 Å². The number of carbonyl (C=O) groups is 2. The number of carboxylic acid groups (broad SMARTS) is 1. The van der Waals surface area contributed by atoms with Crippen molar-refractivity contribution in [2.75, 3.05) is 13.1 Å². The van der Waals surface area contributed by atoms with Gasteiger partial charge in [0.25, 0.3) is 0 Å². The summed E-state index contributed by atoms with van der Waals surface area (Å²) in [6.07, 6.45) is 5.42. The number of carboxylic acids is 1. The molecular weight excluding hydrogens is 232 g/mol. The Bertz CT molecular complexity index is 281. The molecule has 0 heterocycles. The maximum absolute atomic E-state index is 11.7. The molecule has 0 aromatic carbocycles. The van der Waals surface area contributed by atoms with Gasteiger partial charge in [-0.05, 0) is 25.8 Å². The van der Waals surface area contributed by atoms with Gasteiger partial charge in [0, 0.05) is 6.04 Å². The highest BCUT2D eigenvalue weighted by Crippen LogP contribution is 2.23. The second-order valence-electron chi connectivity index (χ2n) is 4.93. The molecule has 1 fully saturated rings. The average Bonchev–Trinajstić information content (AvgIpc) is 2.55. The Hall–Kier alpha value is -1.10. The first kappa shape index (κ1) is 15.0. The number of amides is 1. The Morgan fingerprint density at radius 1 is 1.22 bits per heavy atom. The lowest BCUT2D eigenvalue weighted by Gasteiger charge is -2.22. The van der Waals surface area contributed by atoms with Crippen molar-refractivity contribution in [1.82, 2.24) is 10.6 Å². The van der Waals surface area contributed by atoms with Gasteiger partial charge in [-0.25, -0.2) is 0 Å². The van der Waals surface area contributed by atoms with E-state index in [-0.39, 0.29) is 18.5 Å². The highest BCUT2D eigenvalue weighted by molar-refractivity contribution is 5.79. The van der Waals surface area contributed by atoms with E-state index in [0.29, 0.717) is 6.42 Å². The van der Waals surface area contributed by atoms with E-state index in [1.165, 1.54) is 0 Å². The Labute approximate surface area is 108 Å². The van der Waals surface area contributed by atoms with E-state index in [2.05, 4.69) is 10.6 Å². The number of hydrogen-bond donors (Lipinski definition) is 3. The molecule has 0 bridgehead atoms. The zero-order valence-electron chi connectivity index (χ0n) is 11.1. The van der Waals surface area contributed by atoms with E-state index in [4.69, 9.17) is 0 Å². The Kier molecular flexibility index (Phi) is 6.72. The van der Waals surface area contributed by atoms with Crippen LogP contribution < -0.4 is 10.6 Å². The van der Waals surface area contributed by atoms with E-state index in [0.717, 1.165) is 38.6 Å². The molecule has 2 atom stereocenters. The predicted molar refractivity (Wildman–Crippen MR) is 69.3 cm³/mol. The van der Waals surface area contributed by atoms with Gasteiger partial charge in [-0.15, -0.1) is 0 Å². The van der Waals surface area contributed by atoms with Crippen LogP contribution in [0.15, 0.2) is 0 Å². The molecule has 1 aliphatic rings. The van der Waals surface area contributed by atoms with Crippen molar-refractivity contribution in [3.05, 3.63) is 0 Å². The minimum atomic E-state index is -0.788. The van der Waals surface area contributed by atoms with Crippen molar-refractivity contribution < 1.29 is 14.7 Å². The van der Waals surface area contributed by atoms with Crippen LogP contribution in [0.25, 0.3) is 0 Å². The molecule has 0 radical (unpaired) electrons. The molecule has 1 rings (SSSR count). The molecule has 5 nitrogen and oxygen atoms in total. The summed E-state index contributed by atoms with van der Waals surface area (Å²) >= 11 is 0. The molecule has 3 N–H and O–H groups in total. The van der Waals surface area contributed by atoms with Crippen LogP contribution in [0, 0.1) is 5.92 Å². The van der Waals surface area contributed by atoms with Crippen molar-refractivity contribution in [1.29, 1.82) is 0 Å². The van der Waals surface area contributed by atoms with E-state index >= 15 is 0 Å². The van der Waals surface area contributed by atoms with E-state index < -0.39 is 11.9 Å². The number of nitrogens with one attached hydrogen (secondary N) is 2. The van der Waals surface area contributed by atoms with Crippen molar-refractivity contribution >= 4 is 11.9 Å². The lowest BCUT2D eigenvalue weighted by Crippen LogP contribution is -2.46. The van der Waals surface area contributed by atoms with Gasteiger partial charge < -0.3 is 15.7 Å². The molecule has 1 saturated carbocycles. The summed E-state index contributed by atoms with van der Waals surface area (Å²) in [7, 11) is 0. The highest BCUT2D eigenvalue weighted by atomic mass is 16.4. The fourth-order valence-electron chi connectivity index (χ4n) is 2.41. The van der Waals surface area contributed by atoms with Crippen LogP contribution in [0.4, 0.5) is 0 Å². The summed E-state index contributed by atoms with van der Waals surface area (Å²) in [5.74, 6) is -1.31. The Morgan fingerprint density at radius 3 is 2.61 bits per heavy atom. The molecule has 2 unspecified atom stereocenters. The fraction of sp³-hybridized carbons (Fsp3) is 0.846. The van der Waals surface area contributed by atoms with Gasteiger partial charge in [-0.3, -0.25) is 9.59 Å². The molecule has 0 saturated heterocycles. The molecule has 1 amide bonds. The number of carbonyl (C=O) groups excluding carboxylic acids is 1. The third-order valence-corrected chi connectivity index (χ3v) is 3.39. The van der Waals surface area contributed by atoms with Crippen LogP contribution in [0.1, 0.15) is 45.4 Å². The van der Waals surface area contributed by atoms with Crippen LogP contribution in [0.3, 0.4) is 0 Å². The minimum absolute atomic E-state index is 0.0957. The van der Waals surface area contributed by atoms with Crippen molar-refractivity contribution in [2.24, 2.45) is 5.92 Å². The second kappa shape index (κ2) is 8.08. The normalized spacial score (nSPS) is 24.3. The third-order valence-electron chi connectivity index (χ3n) is 3.39. The van der Waals surface area contributed by atoms with Crippen LogP contribution in [-0.4, -0.2) is 36.1 Å². The van der Waals surface area contributed by atoms with Gasteiger partial charge in [-0.2, -0.15) is 0 Å². The highest BCUT2D eigenvalue weighted by Gasteiger charge is 2.30. The van der Waals surface area contributed by atoms with Crippen LogP contribution in [-0.2, 0) is 9.59 Å².